The van der Waals surface area contributed by atoms with Gasteiger partial charge in [0.1, 0.15) is 5.75 Å². The molecule has 0 bridgehead atoms. The average molecular weight is 254 g/mol. The van der Waals surface area contributed by atoms with Gasteiger partial charge in [-0.3, -0.25) is 4.79 Å². The van der Waals surface area contributed by atoms with Crippen molar-refractivity contribution in [1.82, 2.24) is 0 Å². The molecule has 2 aromatic carbocycles. The van der Waals surface area contributed by atoms with Crippen molar-refractivity contribution in [3.63, 3.8) is 0 Å². The minimum Gasteiger partial charge on any atom is -0.479 e. The Kier molecular flexibility index (Phi) is 3.70. The Balaban J connectivity index is 2.24. The SMILES string of the molecule is Cc1ccccc1OC(C)(C)C(=O)c1ccccc1. The number of hydrogen-bond acceptors (Lipinski definition) is 2. The third kappa shape index (κ3) is 3.02. The molecule has 0 heterocycles. The third-order valence-corrected chi connectivity index (χ3v) is 3.04. The number of carbonyl (C=O) groups is 1. The van der Waals surface area contributed by atoms with E-state index >= 15 is 0 Å². The van der Waals surface area contributed by atoms with Crippen LogP contribution in [0.2, 0.25) is 0 Å². The van der Waals surface area contributed by atoms with Gasteiger partial charge in [-0.25, -0.2) is 0 Å². The van der Waals surface area contributed by atoms with Crippen LogP contribution < -0.4 is 4.74 Å². The molecule has 0 fully saturated rings. The molecule has 2 rings (SSSR count). The van der Waals surface area contributed by atoms with Crippen LogP contribution in [0.25, 0.3) is 0 Å². The number of ether oxygens (including phenoxy) is 1. The molecule has 0 N–H and O–H groups in total. The molecule has 0 unspecified atom stereocenters. The first-order valence-corrected chi connectivity index (χ1v) is 6.35. The van der Waals surface area contributed by atoms with Crippen LogP contribution in [0.3, 0.4) is 0 Å². The van der Waals surface area contributed by atoms with Crippen LogP contribution in [0.15, 0.2) is 54.6 Å². The van der Waals surface area contributed by atoms with Gasteiger partial charge in [0, 0.05) is 5.56 Å². The van der Waals surface area contributed by atoms with Crippen LogP contribution in [-0.2, 0) is 0 Å². The average Bonchev–Trinajstić information content (AvgIpc) is 2.41. The van der Waals surface area contributed by atoms with Crippen molar-refractivity contribution in [3.05, 3.63) is 65.7 Å². The molecule has 0 aliphatic rings. The highest BCUT2D eigenvalue weighted by Gasteiger charge is 2.31. The van der Waals surface area contributed by atoms with Gasteiger partial charge in [0.25, 0.3) is 0 Å². The van der Waals surface area contributed by atoms with E-state index in [-0.39, 0.29) is 5.78 Å². The standard InChI is InChI=1S/C17H18O2/c1-13-9-7-8-12-15(13)19-17(2,3)16(18)14-10-5-4-6-11-14/h4-12H,1-3H3. The van der Waals surface area contributed by atoms with E-state index in [4.69, 9.17) is 4.74 Å². The number of rotatable bonds is 4. The predicted molar refractivity (Wildman–Crippen MR) is 76.7 cm³/mol. The molecule has 0 atom stereocenters. The summed E-state index contributed by atoms with van der Waals surface area (Å²) in [6.07, 6.45) is 0. The first-order chi connectivity index (χ1) is 9.00. The molecule has 2 heteroatoms. The van der Waals surface area contributed by atoms with E-state index in [2.05, 4.69) is 0 Å². The van der Waals surface area contributed by atoms with Crippen molar-refractivity contribution >= 4 is 5.78 Å². The summed E-state index contributed by atoms with van der Waals surface area (Å²) in [6.45, 7) is 5.57. The normalized spacial score (nSPS) is 11.1. The van der Waals surface area contributed by atoms with E-state index in [0.29, 0.717) is 5.56 Å². The summed E-state index contributed by atoms with van der Waals surface area (Å²) in [7, 11) is 0. The Morgan fingerprint density at radius 1 is 0.947 bits per heavy atom. The van der Waals surface area contributed by atoms with Crippen molar-refractivity contribution < 1.29 is 9.53 Å². The fraction of sp³-hybridized carbons (Fsp3) is 0.235. The lowest BCUT2D eigenvalue weighted by molar-refractivity contribution is 0.0582. The van der Waals surface area contributed by atoms with Gasteiger partial charge in [-0.2, -0.15) is 0 Å². The van der Waals surface area contributed by atoms with Crippen LogP contribution in [0.4, 0.5) is 0 Å². The molecule has 0 aromatic heterocycles. The van der Waals surface area contributed by atoms with Gasteiger partial charge < -0.3 is 4.74 Å². The van der Waals surface area contributed by atoms with Crippen molar-refractivity contribution in [3.8, 4) is 5.75 Å². The Morgan fingerprint density at radius 2 is 1.53 bits per heavy atom. The maximum atomic E-state index is 12.5. The minimum absolute atomic E-state index is 0.0173. The first kappa shape index (κ1) is 13.3. The van der Waals surface area contributed by atoms with E-state index < -0.39 is 5.60 Å². The molecule has 2 aromatic rings. The zero-order chi connectivity index (χ0) is 13.9. The zero-order valence-corrected chi connectivity index (χ0v) is 11.5. The van der Waals surface area contributed by atoms with Crippen LogP contribution in [0, 0.1) is 6.92 Å². The summed E-state index contributed by atoms with van der Waals surface area (Å²) >= 11 is 0. The maximum absolute atomic E-state index is 12.5. The number of ketones is 1. The van der Waals surface area contributed by atoms with Crippen LogP contribution in [0.1, 0.15) is 29.8 Å². The smallest absolute Gasteiger partial charge is 0.205 e. The van der Waals surface area contributed by atoms with Gasteiger partial charge in [0.15, 0.2) is 5.60 Å². The van der Waals surface area contributed by atoms with E-state index in [1.807, 2.05) is 61.5 Å². The Morgan fingerprint density at radius 3 is 2.16 bits per heavy atom. The molecule has 0 amide bonds. The Bertz CT molecular complexity index is 571. The topological polar surface area (TPSA) is 26.3 Å². The number of aryl methyl sites for hydroxylation is 1. The lowest BCUT2D eigenvalue weighted by Crippen LogP contribution is -2.38. The predicted octanol–water partition coefficient (Wildman–Crippen LogP) is 4.04. The summed E-state index contributed by atoms with van der Waals surface area (Å²) in [5, 5.41) is 0. The molecular formula is C17H18O2. The van der Waals surface area contributed by atoms with Crippen LogP contribution in [-0.4, -0.2) is 11.4 Å². The molecule has 0 aliphatic carbocycles. The lowest BCUT2D eigenvalue weighted by atomic mass is 9.96. The monoisotopic (exact) mass is 254 g/mol. The van der Waals surface area contributed by atoms with E-state index in [1.165, 1.54) is 0 Å². The van der Waals surface area contributed by atoms with Gasteiger partial charge in [-0.15, -0.1) is 0 Å². The summed E-state index contributed by atoms with van der Waals surface area (Å²) in [5.74, 6) is 0.730. The number of para-hydroxylation sites is 1. The molecule has 0 aliphatic heterocycles. The highest BCUT2D eigenvalue weighted by atomic mass is 16.5. The number of hydrogen-bond donors (Lipinski definition) is 0. The van der Waals surface area contributed by atoms with Crippen molar-refractivity contribution in [1.29, 1.82) is 0 Å². The van der Waals surface area contributed by atoms with E-state index in [9.17, 15) is 4.79 Å². The number of Topliss-reactive ketones (excluding diaryl/α,β-unsaturated/α-hetero) is 1. The molecule has 19 heavy (non-hydrogen) atoms. The van der Waals surface area contributed by atoms with Gasteiger partial charge in [0.2, 0.25) is 5.78 Å². The second-order valence-electron chi connectivity index (χ2n) is 5.07. The third-order valence-electron chi connectivity index (χ3n) is 3.04. The lowest BCUT2D eigenvalue weighted by Gasteiger charge is -2.26. The molecule has 0 saturated carbocycles. The minimum atomic E-state index is -0.881. The number of benzene rings is 2. The Hall–Kier alpha value is -2.09. The zero-order valence-electron chi connectivity index (χ0n) is 11.5. The fourth-order valence-electron chi connectivity index (χ4n) is 1.93. The summed E-state index contributed by atoms with van der Waals surface area (Å²) in [5.41, 5.74) is 0.811. The maximum Gasteiger partial charge on any atom is 0.205 e. The highest BCUT2D eigenvalue weighted by molar-refractivity contribution is 6.02. The summed E-state index contributed by atoms with van der Waals surface area (Å²) in [6, 6.07) is 16.9. The van der Waals surface area contributed by atoms with E-state index in [0.717, 1.165) is 11.3 Å². The van der Waals surface area contributed by atoms with Gasteiger partial charge in [0.05, 0.1) is 0 Å². The molecule has 2 nitrogen and oxygen atoms in total. The highest BCUT2D eigenvalue weighted by Crippen LogP contribution is 2.24. The molecule has 0 radical (unpaired) electrons. The summed E-state index contributed by atoms with van der Waals surface area (Å²) < 4.78 is 5.90. The number of carbonyl (C=O) groups excluding carboxylic acids is 1. The second kappa shape index (κ2) is 5.27. The van der Waals surface area contributed by atoms with Crippen LogP contribution >= 0.6 is 0 Å². The molecule has 0 spiro atoms. The first-order valence-electron chi connectivity index (χ1n) is 6.35. The van der Waals surface area contributed by atoms with Gasteiger partial charge >= 0.3 is 0 Å². The van der Waals surface area contributed by atoms with Crippen molar-refractivity contribution in [2.45, 2.75) is 26.4 Å². The Labute approximate surface area is 114 Å². The molecule has 0 saturated heterocycles. The molecular weight excluding hydrogens is 236 g/mol. The van der Waals surface area contributed by atoms with Gasteiger partial charge in [-0.05, 0) is 32.4 Å². The second-order valence-corrected chi connectivity index (χ2v) is 5.07. The van der Waals surface area contributed by atoms with E-state index in [1.54, 1.807) is 13.8 Å². The largest absolute Gasteiger partial charge is 0.479 e. The van der Waals surface area contributed by atoms with Crippen molar-refractivity contribution in [2.24, 2.45) is 0 Å². The fourth-order valence-corrected chi connectivity index (χ4v) is 1.93. The van der Waals surface area contributed by atoms with Gasteiger partial charge in [-0.1, -0.05) is 48.5 Å². The quantitative estimate of drug-likeness (QED) is 0.770. The summed E-state index contributed by atoms with van der Waals surface area (Å²) in [4.78, 5) is 12.5. The molecule has 98 valence electrons. The van der Waals surface area contributed by atoms with Crippen molar-refractivity contribution in [2.75, 3.05) is 0 Å². The van der Waals surface area contributed by atoms with Crippen LogP contribution in [0.5, 0.6) is 5.75 Å².